The normalized spacial score (nSPS) is 24.3. The van der Waals surface area contributed by atoms with Gasteiger partial charge in [-0.25, -0.2) is 9.86 Å². The van der Waals surface area contributed by atoms with Crippen molar-refractivity contribution in [3.63, 3.8) is 0 Å². The maximum absolute atomic E-state index is 10.9. The van der Waals surface area contributed by atoms with Gasteiger partial charge in [-0.1, -0.05) is 36.8 Å². The molecule has 1 fully saturated rings. The smallest absolute Gasteiger partial charge is 0.338 e. The molecule has 1 aliphatic carbocycles. The van der Waals surface area contributed by atoms with Gasteiger partial charge in [-0.05, 0) is 30.7 Å². The zero-order chi connectivity index (χ0) is 12.3. The maximum Gasteiger partial charge on any atom is 0.338 e. The van der Waals surface area contributed by atoms with Crippen molar-refractivity contribution in [1.82, 2.24) is 5.06 Å². The number of hydroxylamine groups is 2. The Hall–Kier alpha value is -1.55. The quantitative estimate of drug-likeness (QED) is 0.609. The van der Waals surface area contributed by atoms with Crippen molar-refractivity contribution in [2.45, 2.75) is 37.6 Å². The molecule has 1 saturated carbocycles. The predicted octanol–water partition coefficient (Wildman–Crippen LogP) is 2.48. The van der Waals surface area contributed by atoms with Gasteiger partial charge in [0.1, 0.15) is 0 Å². The van der Waals surface area contributed by atoms with E-state index < -0.39 is 6.03 Å². The molecule has 1 aliphatic rings. The number of hydrogen-bond donors (Lipinski definition) is 2. The van der Waals surface area contributed by atoms with Gasteiger partial charge in [0.15, 0.2) is 0 Å². The van der Waals surface area contributed by atoms with Crippen LogP contribution >= 0.6 is 0 Å². The van der Waals surface area contributed by atoms with Gasteiger partial charge in [0.2, 0.25) is 0 Å². The highest BCUT2D eigenvalue weighted by Gasteiger charge is 2.28. The summed E-state index contributed by atoms with van der Waals surface area (Å²) in [7, 11) is 0. The number of nitrogens with zero attached hydrogens (tertiary/aromatic N) is 1. The van der Waals surface area contributed by atoms with E-state index in [0.29, 0.717) is 11.0 Å². The molecule has 0 spiro atoms. The van der Waals surface area contributed by atoms with Crippen molar-refractivity contribution >= 4 is 6.03 Å². The Labute approximate surface area is 101 Å². The third kappa shape index (κ3) is 2.77. The summed E-state index contributed by atoms with van der Waals surface area (Å²) >= 11 is 0. The van der Waals surface area contributed by atoms with E-state index in [1.54, 1.807) is 0 Å². The average molecular weight is 234 g/mol. The van der Waals surface area contributed by atoms with Gasteiger partial charge in [0, 0.05) is 0 Å². The standard InChI is InChI=1S/C13H18N2O2/c14-13(16)15(17)12-8-4-7-11(9-12)10-5-2-1-3-6-10/h1-3,5-6,11-12,17H,4,7-9H2,(H2,14,16). The number of nitrogens with two attached hydrogens (primary N) is 1. The SMILES string of the molecule is NC(=O)N(O)C1CCCC(c2ccccc2)C1. The van der Waals surface area contributed by atoms with Crippen molar-refractivity contribution < 1.29 is 10.0 Å². The van der Waals surface area contributed by atoms with E-state index in [2.05, 4.69) is 12.1 Å². The molecule has 0 saturated heterocycles. The Kier molecular flexibility index (Phi) is 3.64. The van der Waals surface area contributed by atoms with Crippen LogP contribution in [0.25, 0.3) is 0 Å². The molecule has 0 bridgehead atoms. The molecule has 2 amide bonds. The summed E-state index contributed by atoms with van der Waals surface area (Å²) in [5, 5.41) is 10.3. The second kappa shape index (κ2) is 5.19. The molecule has 0 aromatic heterocycles. The Bertz CT molecular complexity index is 380. The minimum atomic E-state index is -0.760. The monoisotopic (exact) mass is 234 g/mol. The number of rotatable bonds is 2. The second-order valence-corrected chi connectivity index (χ2v) is 4.61. The van der Waals surface area contributed by atoms with Crippen LogP contribution in [-0.4, -0.2) is 22.3 Å². The Morgan fingerprint density at radius 2 is 2.00 bits per heavy atom. The fourth-order valence-electron chi connectivity index (χ4n) is 2.59. The molecule has 0 aliphatic heterocycles. The van der Waals surface area contributed by atoms with E-state index in [9.17, 15) is 10.0 Å². The summed E-state index contributed by atoms with van der Waals surface area (Å²) in [4.78, 5) is 10.9. The molecule has 17 heavy (non-hydrogen) atoms. The van der Waals surface area contributed by atoms with Gasteiger partial charge in [-0.2, -0.15) is 0 Å². The number of amides is 2. The van der Waals surface area contributed by atoms with Gasteiger partial charge in [-0.15, -0.1) is 0 Å². The number of hydrogen-bond acceptors (Lipinski definition) is 2. The molecule has 3 N–H and O–H groups in total. The highest BCUT2D eigenvalue weighted by atomic mass is 16.5. The third-order valence-electron chi connectivity index (χ3n) is 3.49. The number of carbonyl (C=O) groups is 1. The minimum Gasteiger partial charge on any atom is -0.350 e. The van der Waals surface area contributed by atoms with Crippen molar-refractivity contribution in [3.8, 4) is 0 Å². The lowest BCUT2D eigenvalue weighted by molar-refractivity contribution is -0.0858. The summed E-state index contributed by atoms with van der Waals surface area (Å²) in [5.74, 6) is 0.406. The van der Waals surface area contributed by atoms with Crippen LogP contribution in [0.1, 0.15) is 37.2 Å². The zero-order valence-electron chi connectivity index (χ0n) is 9.75. The van der Waals surface area contributed by atoms with Crippen molar-refractivity contribution in [2.24, 2.45) is 5.73 Å². The summed E-state index contributed by atoms with van der Waals surface area (Å²) < 4.78 is 0. The van der Waals surface area contributed by atoms with Crippen LogP contribution < -0.4 is 5.73 Å². The lowest BCUT2D eigenvalue weighted by atomic mass is 9.81. The van der Waals surface area contributed by atoms with Crippen LogP contribution in [-0.2, 0) is 0 Å². The Morgan fingerprint density at radius 3 is 2.65 bits per heavy atom. The van der Waals surface area contributed by atoms with E-state index in [0.717, 1.165) is 25.7 Å². The largest absolute Gasteiger partial charge is 0.350 e. The highest BCUT2D eigenvalue weighted by molar-refractivity contribution is 5.70. The zero-order valence-corrected chi connectivity index (χ0v) is 9.75. The summed E-state index contributed by atoms with van der Waals surface area (Å²) in [6, 6.07) is 9.31. The predicted molar refractivity (Wildman–Crippen MR) is 64.6 cm³/mol. The Balaban J connectivity index is 2.05. The lowest BCUT2D eigenvalue weighted by Gasteiger charge is -2.33. The molecule has 0 heterocycles. The van der Waals surface area contributed by atoms with Crippen LogP contribution in [0.4, 0.5) is 4.79 Å². The lowest BCUT2D eigenvalue weighted by Crippen LogP contribution is -2.43. The second-order valence-electron chi connectivity index (χ2n) is 4.61. The number of benzene rings is 1. The highest BCUT2D eigenvalue weighted by Crippen LogP contribution is 2.34. The molecule has 2 rings (SSSR count). The first-order chi connectivity index (χ1) is 8.18. The maximum atomic E-state index is 10.9. The van der Waals surface area contributed by atoms with Crippen LogP contribution in [0, 0.1) is 0 Å². The fraction of sp³-hybridized carbons (Fsp3) is 0.462. The molecule has 1 aromatic carbocycles. The Morgan fingerprint density at radius 1 is 1.29 bits per heavy atom. The van der Waals surface area contributed by atoms with Gasteiger partial charge >= 0.3 is 6.03 Å². The van der Waals surface area contributed by atoms with Crippen molar-refractivity contribution in [3.05, 3.63) is 35.9 Å². The summed E-state index contributed by atoms with van der Waals surface area (Å²) in [6.45, 7) is 0. The molecule has 2 atom stereocenters. The van der Waals surface area contributed by atoms with E-state index in [-0.39, 0.29) is 6.04 Å². The molecular weight excluding hydrogens is 216 g/mol. The number of primary amides is 1. The van der Waals surface area contributed by atoms with E-state index in [1.807, 2.05) is 18.2 Å². The van der Waals surface area contributed by atoms with Crippen LogP contribution in [0.15, 0.2) is 30.3 Å². The molecular formula is C13H18N2O2. The average Bonchev–Trinajstić information content (AvgIpc) is 2.39. The summed E-state index contributed by atoms with van der Waals surface area (Å²) in [6.07, 6.45) is 3.72. The van der Waals surface area contributed by atoms with Gasteiger partial charge < -0.3 is 5.73 Å². The first kappa shape index (κ1) is 11.9. The first-order valence-corrected chi connectivity index (χ1v) is 6.01. The van der Waals surface area contributed by atoms with Crippen molar-refractivity contribution in [2.75, 3.05) is 0 Å². The van der Waals surface area contributed by atoms with Gasteiger partial charge in [0.25, 0.3) is 0 Å². The van der Waals surface area contributed by atoms with Gasteiger partial charge in [-0.3, -0.25) is 5.21 Å². The van der Waals surface area contributed by atoms with Crippen LogP contribution in [0.2, 0.25) is 0 Å². The van der Waals surface area contributed by atoms with Crippen LogP contribution in [0.3, 0.4) is 0 Å². The minimum absolute atomic E-state index is 0.147. The van der Waals surface area contributed by atoms with Crippen LogP contribution in [0.5, 0.6) is 0 Å². The van der Waals surface area contributed by atoms with Crippen molar-refractivity contribution in [1.29, 1.82) is 0 Å². The molecule has 1 aromatic rings. The molecule has 4 nitrogen and oxygen atoms in total. The number of carbonyl (C=O) groups excluding carboxylic acids is 1. The van der Waals surface area contributed by atoms with Gasteiger partial charge in [0.05, 0.1) is 6.04 Å². The number of urea groups is 1. The topological polar surface area (TPSA) is 66.6 Å². The van der Waals surface area contributed by atoms with E-state index >= 15 is 0 Å². The summed E-state index contributed by atoms with van der Waals surface area (Å²) in [5.41, 5.74) is 6.36. The molecule has 2 unspecified atom stereocenters. The van der Waals surface area contributed by atoms with E-state index in [4.69, 9.17) is 5.73 Å². The van der Waals surface area contributed by atoms with E-state index in [1.165, 1.54) is 5.56 Å². The molecule has 0 radical (unpaired) electrons. The molecule has 92 valence electrons. The molecule has 4 heteroatoms. The first-order valence-electron chi connectivity index (χ1n) is 6.01. The third-order valence-corrected chi connectivity index (χ3v) is 3.49. The fourth-order valence-corrected chi connectivity index (χ4v) is 2.59.